The van der Waals surface area contributed by atoms with Crippen LogP contribution in [0.1, 0.15) is 38.3 Å². The number of benzene rings is 3. The second kappa shape index (κ2) is 12.8. The number of rotatable bonds is 11. The number of amides is 2. The first-order valence-electron chi connectivity index (χ1n) is 12.6. The highest BCUT2D eigenvalue weighted by Crippen LogP contribution is 2.25. The van der Waals surface area contributed by atoms with Crippen molar-refractivity contribution in [3.63, 3.8) is 0 Å². The maximum Gasteiger partial charge on any atom is 0.264 e. The first kappa shape index (κ1) is 29.8. The summed E-state index contributed by atoms with van der Waals surface area (Å²) >= 11 is 0. The van der Waals surface area contributed by atoms with E-state index in [1.807, 2.05) is 20.8 Å². The number of hydrogen-bond acceptors (Lipinski definition) is 4. The Balaban J connectivity index is 2.03. The van der Waals surface area contributed by atoms with Gasteiger partial charge in [-0.2, -0.15) is 0 Å². The van der Waals surface area contributed by atoms with Gasteiger partial charge in [-0.25, -0.2) is 17.2 Å². The summed E-state index contributed by atoms with van der Waals surface area (Å²) in [6.45, 7) is 6.07. The van der Waals surface area contributed by atoms with E-state index < -0.39 is 46.1 Å². The molecule has 0 aromatic heterocycles. The molecule has 0 unspecified atom stereocenters. The van der Waals surface area contributed by atoms with Gasteiger partial charge in [0, 0.05) is 18.2 Å². The topological polar surface area (TPSA) is 86.8 Å². The molecule has 2 amide bonds. The number of carbonyl (C=O) groups excluding carboxylic acids is 2. The van der Waals surface area contributed by atoms with Gasteiger partial charge in [0.2, 0.25) is 11.8 Å². The number of aryl methyl sites for hydroxylation is 1. The summed E-state index contributed by atoms with van der Waals surface area (Å²) in [6.07, 6.45) is 0.660. The predicted molar refractivity (Wildman–Crippen MR) is 146 cm³/mol. The van der Waals surface area contributed by atoms with Crippen molar-refractivity contribution in [2.75, 3.05) is 10.8 Å². The van der Waals surface area contributed by atoms with Gasteiger partial charge < -0.3 is 10.2 Å². The van der Waals surface area contributed by atoms with Gasteiger partial charge in [0.15, 0.2) is 0 Å². The minimum absolute atomic E-state index is 0.0616. The highest BCUT2D eigenvalue weighted by atomic mass is 32.2. The molecule has 0 aliphatic heterocycles. The van der Waals surface area contributed by atoms with E-state index in [2.05, 4.69) is 5.32 Å². The third-order valence-electron chi connectivity index (χ3n) is 6.47. The van der Waals surface area contributed by atoms with Crippen LogP contribution >= 0.6 is 0 Å². The van der Waals surface area contributed by atoms with Crippen molar-refractivity contribution >= 4 is 27.5 Å². The molecule has 0 radical (unpaired) electrons. The lowest BCUT2D eigenvalue weighted by Gasteiger charge is -2.32. The Morgan fingerprint density at radius 2 is 1.54 bits per heavy atom. The Morgan fingerprint density at radius 1 is 0.923 bits per heavy atom. The van der Waals surface area contributed by atoms with Crippen LogP contribution in [0.5, 0.6) is 0 Å². The summed E-state index contributed by atoms with van der Waals surface area (Å²) < 4.78 is 56.5. The van der Waals surface area contributed by atoms with Gasteiger partial charge in [-0.15, -0.1) is 0 Å². The summed E-state index contributed by atoms with van der Waals surface area (Å²) in [5.41, 5.74) is 1.08. The average molecular weight is 558 g/mol. The van der Waals surface area contributed by atoms with E-state index in [0.29, 0.717) is 6.42 Å². The number of hydrogen-bond donors (Lipinski definition) is 1. The Labute approximate surface area is 228 Å². The molecule has 39 heavy (non-hydrogen) atoms. The van der Waals surface area contributed by atoms with E-state index in [0.717, 1.165) is 26.9 Å². The minimum Gasteiger partial charge on any atom is -0.352 e. The van der Waals surface area contributed by atoms with Crippen molar-refractivity contribution in [3.05, 3.63) is 95.6 Å². The standard InChI is InChI=1S/C29H33F2N3O4S/c1-5-21(3)32-29(36)22(4)33(18-23-8-6-7-9-27(23)31)28(35)19-34(25-14-12-24(30)13-15-25)39(37,38)26-16-10-20(2)11-17-26/h6-17,21-22H,5,18-19H2,1-4H3,(H,32,36)/t21-,22-/m0/s1. The van der Waals surface area contributed by atoms with Crippen LogP contribution < -0.4 is 9.62 Å². The average Bonchev–Trinajstić information content (AvgIpc) is 2.91. The minimum atomic E-state index is -4.27. The van der Waals surface area contributed by atoms with Gasteiger partial charge >= 0.3 is 0 Å². The SMILES string of the molecule is CC[C@H](C)NC(=O)[C@H](C)N(Cc1ccccc1F)C(=O)CN(c1ccc(F)cc1)S(=O)(=O)c1ccc(C)cc1. The molecule has 0 aliphatic rings. The predicted octanol–water partition coefficient (Wildman–Crippen LogP) is 4.80. The highest BCUT2D eigenvalue weighted by molar-refractivity contribution is 7.92. The third-order valence-corrected chi connectivity index (χ3v) is 8.26. The van der Waals surface area contributed by atoms with Crippen LogP contribution in [0.2, 0.25) is 0 Å². The number of sulfonamides is 1. The highest BCUT2D eigenvalue weighted by Gasteiger charge is 2.33. The molecule has 0 bridgehead atoms. The van der Waals surface area contributed by atoms with Gasteiger partial charge in [0.05, 0.1) is 10.6 Å². The normalized spacial score (nSPS) is 12.9. The summed E-state index contributed by atoms with van der Waals surface area (Å²) in [5.74, 6) is -2.32. The quantitative estimate of drug-likeness (QED) is 0.367. The zero-order valence-electron chi connectivity index (χ0n) is 22.4. The lowest BCUT2D eigenvalue weighted by molar-refractivity contribution is -0.139. The van der Waals surface area contributed by atoms with E-state index in [9.17, 15) is 26.8 Å². The first-order valence-corrected chi connectivity index (χ1v) is 14.1. The molecule has 0 saturated heterocycles. The molecular formula is C29H33F2N3O4S. The van der Waals surface area contributed by atoms with E-state index in [1.165, 1.54) is 49.4 Å². The molecule has 10 heteroatoms. The van der Waals surface area contributed by atoms with Gasteiger partial charge in [-0.1, -0.05) is 42.8 Å². The second-order valence-electron chi connectivity index (χ2n) is 9.41. The molecule has 2 atom stereocenters. The number of anilines is 1. The largest absolute Gasteiger partial charge is 0.352 e. The van der Waals surface area contributed by atoms with Gasteiger partial charge in [-0.3, -0.25) is 13.9 Å². The first-order chi connectivity index (χ1) is 18.4. The van der Waals surface area contributed by atoms with Crippen LogP contribution in [-0.4, -0.2) is 43.8 Å². The van der Waals surface area contributed by atoms with Crippen LogP contribution in [-0.2, 0) is 26.2 Å². The summed E-state index contributed by atoms with van der Waals surface area (Å²) in [7, 11) is -4.27. The van der Waals surface area contributed by atoms with E-state index in [1.54, 1.807) is 18.2 Å². The van der Waals surface area contributed by atoms with E-state index in [-0.39, 0.29) is 28.7 Å². The fourth-order valence-corrected chi connectivity index (χ4v) is 5.25. The van der Waals surface area contributed by atoms with Crippen molar-refractivity contribution in [2.45, 2.75) is 57.6 Å². The Bertz CT molecular complexity index is 1400. The molecule has 3 aromatic carbocycles. The Hall–Kier alpha value is -3.79. The zero-order valence-corrected chi connectivity index (χ0v) is 23.2. The van der Waals surface area contributed by atoms with Crippen molar-refractivity contribution in [3.8, 4) is 0 Å². The van der Waals surface area contributed by atoms with E-state index >= 15 is 0 Å². The molecule has 0 heterocycles. The molecule has 0 aliphatic carbocycles. The smallest absolute Gasteiger partial charge is 0.264 e. The van der Waals surface area contributed by atoms with Crippen LogP contribution in [0, 0.1) is 18.6 Å². The number of nitrogens with one attached hydrogen (secondary N) is 1. The van der Waals surface area contributed by atoms with Crippen molar-refractivity contribution in [2.24, 2.45) is 0 Å². The molecule has 3 rings (SSSR count). The summed E-state index contributed by atoms with van der Waals surface area (Å²) in [5, 5.41) is 2.82. The Kier molecular flexibility index (Phi) is 9.80. The molecule has 3 aromatic rings. The van der Waals surface area contributed by atoms with Crippen molar-refractivity contribution < 1.29 is 26.8 Å². The lowest BCUT2D eigenvalue weighted by atomic mass is 10.1. The molecule has 208 valence electrons. The second-order valence-corrected chi connectivity index (χ2v) is 11.3. The number of nitrogens with zero attached hydrogens (tertiary/aromatic N) is 2. The maximum atomic E-state index is 14.6. The zero-order chi connectivity index (χ0) is 28.7. The molecule has 7 nitrogen and oxygen atoms in total. The van der Waals surface area contributed by atoms with Gasteiger partial charge in [0.25, 0.3) is 10.0 Å². The molecule has 1 N–H and O–H groups in total. The fraction of sp³-hybridized carbons (Fsp3) is 0.310. The van der Waals surface area contributed by atoms with Crippen molar-refractivity contribution in [1.82, 2.24) is 10.2 Å². The van der Waals surface area contributed by atoms with Gasteiger partial charge in [-0.05, 0) is 69.7 Å². The lowest BCUT2D eigenvalue weighted by Crippen LogP contribution is -2.52. The number of halogens is 2. The third kappa shape index (κ3) is 7.41. The summed E-state index contributed by atoms with van der Waals surface area (Å²) in [4.78, 5) is 27.9. The Morgan fingerprint density at radius 3 is 2.13 bits per heavy atom. The van der Waals surface area contributed by atoms with E-state index in [4.69, 9.17) is 0 Å². The molecule has 0 spiro atoms. The van der Waals surface area contributed by atoms with Crippen LogP contribution in [0.25, 0.3) is 0 Å². The maximum absolute atomic E-state index is 14.6. The van der Waals surface area contributed by atoms with Gasteiger partial charge in [0.1, 0.15) is 24.2 Å². The monoisotopic (exact) mass is 557 g/mol. The van der Waals surface area contributed by atoms with Crippen LogP contribution in [0.4, 0.5) is 14.5 Å². The van der Waals surface area contributed by atoms with Crippen LogP contribution in [0.15, 0.2) is 77.7 Å². The summed E-state index contributed by atoms with van der Waals surface area (Å²) in [6, 6.07) is 15.5. The van der Waals surface area contributed by atoms with Crippen molar-refractivity contribution in [1.29, 1.82) is 0 Å². The van der Waals surface area contributed by atoms with Crippen LogP contribution in [0.3, 0.4) is 0 Å². The molecular weight excluding hydrogens is 524 g/mol. The fourth-order valence-electron chi connectivity index (χ4n) is 3.83. The molecule has 0 saturated carbocycles. The number of carbonyl (C=O) groups is 2. The molecule has 0 fully saturated rings.